The van der Waals surface area contributed by atoms with E-state index in [0.717, 1.165) is 50.3 Å². The van der Waals surface area contributed by atoms with Crippen LogP contribution >= 0.6 is 11.5 Å². The minimum absolute atomic E-state index is 0.0955. The number of nitrogen functional groups attached to an aromatic ring is 1. The third kappa shape index (κ3) is 3.37. The van der Waals surface area contributed by atoms with Crippen LogP contribution in [0.5, 0.6) is 0 Å². The maximum atomic E-state index is 11.7. The van der Waals surface area contributed by atoms with Crippen molar-refractivity contribution < 1.29 is 8.42 Å². The lowest BCUT2D eigenvalue weighted by molar-refractivity contribution is 0.227. The summed E-state index contributed by atoms with van der Waals surface area (Å²) in [7, 11) is -3.34. The molecule has 1 unspecified atom stereocenters. The summed E-state index contributed by atoms with van der Waals surface area (Å²) in [6.45, 7) is 5.19. The van der Waals surface area contributed by atoms with E-state index in [9.17, 15) is 8.42 Å². The van der Waals surface area contributed by atoms with Gasteiger partial charge in [0.25, 0.3) is 0 Å². The summed E-state index contributed by atoms with van der Waals surface area (Å²) in [5.74, 6) is 0.0955. The third-order valence-corrected chi connectivity index (χ3v) is 5.41. The molecule has 0 aliphatic carbocycles. The standard InChI is InChI=1S/C11H20N4O2S2/c1-3-15-6-4-5-8(7-15)13-11-9(19(2,16)17)10(12)14-18-11/h8,13H,3-7H2,1-2H3,(H2,12,14). The third-order valence-electron chi connectivity index (χ3n) is 3.33. The number of nitrogens with one attached hydrogen (secondary N) is 1. The molecule has 0 bridgehead atoms. The van der Waals surface area contributed by atoms with E-state index >= 15 is 0 Å². The van der Waals surface area contributed by atoms with Gasteiger partial charge in [-0.15, -0.1) is 0 Å². The number of rotatable bonds is 4. The number of hydrogen-bond donors (Lipinski definition) is 2. The Labute approximate surface area is 118 Å². The maximum absolute atomic E-state index is 11.7. The average molecular weight is 304 g/mol. The minimum atomic E-state index is -3.34. The van der Waals surface area contributed by atoms with Crippen LogP contribution in [-0.2, 0) is 9.84 Å². The Hall–Kier alpha value is -0.860. The van der Waals surface area contributed by atoms with Crippen LogP contribution in [0.3, 0.4) is 0 Å². The number of nitrogens with zero attached hydrogens (tertiary/aromatic N) is 2. The molecule has 108 valence electrons. The summed E-state index contributed by atoms with van der Waals surface area (Å²) in [4.78, 5) is 2.50. The van der Waals surface area contributed by atoms with Crippen molar-refractivity contribution >= 4 is 32.2 Å². The normalized spacial score (nSPS) is 21.5. The molecule has 0 spiro atoms. The van der Waals surface area contributed by atoms with E-state index in [4.69, 9.17) is 5.73 Å². The van der Waals surface area contributed by atoms with Gasteiger partial charge in [-0.05, 0) is 37.5 Å². The second kappa shape index (κ2) is 5.64. The van der Waals surface area contributed by atoms with Crippen LogP contribution < -0.4 is 11.1 Å². The van der Waals surface area contributed by atoms with Gasteiger partial charge in [-0.2, -0.15) is 4.37 Å². The van der Waals surface area contributed by atoms with Crippen LogP contribution in [0.2, 0.25) is 0 Å². The van der Waals surface area contributed by atoms with Crippen molar-refractivity contribution in [3.05, 3.63) is 0 Å². The number of nitrogens with two attached hydrogens (primary N) is 1. The van der Waals surface area contributed by atoms with Gasteiger partial charge in [-0.25, -0.2) is 8.42 Å². The number of hydrogen-bond acceptors (Lipinski definition) is 7. The van der Waals surface area contributed by atoms with Crippen molar-refractivity contribution in [2.45, 2.75) is 30.7 Å². The van der Waals surface area contributed by atoms with Gasteiger partial charge in [0.15, 0.2) is 15.7 Å². The maximum Gasteiger partial charge on any atom is 0.182 e. The van der Waals surface area contributed by atoms with Crippen LogP contribution in [-0.4, -0.2) is 49.6 Å². The summed E-state index contributed by atoms with van der Waals surface area (Å²) >= 11 is 1.12. The Bertz CT molecular complexity index is 541. The molecule has 0 radical (unpaired) electrons. The summed E-state index contributed by atoms with van der Waals surface area (Å²) < 4.78 is 27.4. The topological polar surface area (TPSA) is 88.3 Å². The number of likely N-dealkylation sites (tertiary alicyclic amines) is 1. The van der Waals surface area contributed by atoms with Crippen molar-refractivity contribution in [1.29, 1.82) is 0 Å². The molecule has 2 heterocycles. The van der Waals surface area contributed by atoms with Crippen LogP contribution in [0.15, 0.2) is 4.90 Å². The monoisotopic (exact) mass is 304 g/mol. The van der Waals surface area contributed by atoms with Crippen molar-refractivity contribution in [2.75, 3.05) is 36.9 Å². The first kappa shape index (κ1) is 14.5. The van der Waals surface area contributed by atoms with Crippen LogP contribution in [0.4, 0.5) is 10.8 Å². The quantitative estimate of drug-likeness (QED) is 0.863. The van der Waals surface area contributed by atoms with Gasteiger partial charge in [0, 0.05) is 18.8 Å². The van der Waals surface area contributed by atoms with Crippen molar-refractivity contribution in [2.24, 2.45) is 0 Å². The molecule has 1 aliphatic heterocycles. The fraction of sp³-hybridized carbons (Fsp3) is 0.727. The zero-order chi connectivity index (χ0) is 14.0. The molecule has 1 aliphatic rings. The molecular formula is C11H20N4O2S2. The highest BCUT2D eigenvalue weighted by atomic mass is 32.2. The van der Waals surface area contributed by atoms with E-state index in [1.165, 1.54) is 0 Å². The predicted molar refractivity (Wildman–Crippen MR) is 78.4 cm³/mol. The zero-order valence-electron chi connectivity index (χ0n) is 11.2. The van der Waals surface area contributed by atoms with Gasteiger partial charge in [0.1, 0.15) is 9.90 Å². The molecule has 1 aromatic heterocycles. The van der Waals surface area contributed by atoms with Gasteiger partial charge in [-0.1, -0.05) is 6.92 Å². The van der Waals surface area contributed by atoms with Gasteiger partial charge in [0.2, 0.25) is 0 Å². The fourth-order valence-electron chi connectivity index (χ4n) is 2.39. The van der Waals surface area contributed by atoms with Gasteiger partial charge >= 0.3 is 0 Å². The smallest absolute Gasteiger partial charge is 0.182 e. The number of aromatic nitrogens is 1. The number of piperidine rings is 1. The Morgan fingerprint density at radius 3 is 2.95 bits per heavy atom. The summed E-state index contributed by atoms with van der Waals surface area (Å²) in [6, 6.07) is 0.258. The first-order valence-electron chi connectivity index (χ1n) is 6.36. The zero-order valence-corrected chi connectivity index (χ0v) is 12.9. The van der Waals surface area contributed by atoms with Gasteiger partial charge < -0.3 is 16.0 Å². The van der Waals surface area contributed by atoms with Crippen molar-refractivity contribution in [3.63, 3.8) is 0 Å². The molecule has 3 N–H and O–H groups in total. The lowest BCUT2D eigenvalue weighted by atomic mass is 10.1. The molecule has 1 aromatic rings. The Morgan fingerprint density at radius 1 is 1.58 bits per heavy atom. The largest absolute Gasteiger partial charge is 0.382 e. The molecular weight excluding hydrogens is 284 g/mol. The summed E-state index contributed by atoms with van der Waals surface area (Å²) in [5.41, 5.74) is 5.66. The lowest BCUT2D eigenvalue weighted by Gasteiger charge is -2.32. The van der Waals surface area contributed by atoms with Gasteiger partial charge in [0.05, 0.1) is 0 Å². The highest BCUT2D eigenvalue weighted by molar-refractivity contribution is 7.91. The molecule has 0 aromatic carbocycles. The Kier molecular flexibility index (Phi) is 4.32. The molecule has 0 amide bonds. The van der Waals surface area contributed by atoms with E-state index in [1.807, 2.05) is 0 Å². The van der Waals surface area contributed by atoms with Crippen molar-refractivity contribution in [3.8, 4) is 0 Å². The molecule has 2 rings (SSSR count). The number of anilines is 2. The summed E-state index contributed by atoms with van der Waals surface area (Å²) in [6.07, 6.45) is 3.32. The van der Waals surface area contributed by atoms with Crippen LogP contribution in [0.25, 0.3) is 0 Å². The van der Waals surface area contributed by atoms with E-state index in [-0.39, 0.29) is 16.8 Å². The van der Waals surface area contributed by atoms with Gasteiger partial charge in [-0.3, -0.25) is 0 Å². The number of sulfone groups is 1. The number of likely N-dealkylation sites (N-methyl/N-ethyl adjacent to an activating group) is 1. The highest BCUT2D eigenvalue weighted by Crippen LogP contribution is 2.32. The first-order chi connectivity index (χ1) is 8.91. The van der Waals surface area contributed by atoms with Crippen molar-refractivity contribution in [1.82, 2.24) is 9.27 Å². The fourth-order valence-corrected chi connectivity index (χ4v) is 4.52. The lowest BCUT2D eigenvalue weighted by Crippen LogP contribution is -2.41. The SMILES string of the molecule is CCN1CCCC(Nc2snc(N)c2S(C)(=O)=O)C1. The average Bonchev–Trinajstić information content (AvgIpc) is 2.70. The first-order valence-corrected chi connectivity index (χ1v) is 9.02. The molecule has 0 saturated carbocycles. The molecule has 19 heavy (non-hydrogen) atoms. The highest BCUT2D eigenvalue weighted by Gasteiger charge is 2.25. The Balaban J connectivity index is 2.16. The van der Waals surface area contributed by atoms with E-state index in [2.05, 4.69) is 21.5 Å². The van der Waals surface area contributed by atoms with Crippen LogP contribution in [0.1, 0.15) is 19.8 Å². The molecule has 1 saturated heterocycles. The molecule has 1 fully saturated rings. The summed E-state index contributed by atoms with van der Waals surface area (Å²) in [5, 5.41) is 3.87. The van der Waals surface area contributed by atoms with E-state index in [0.29, 0.717) is 5.00 Å². The predicted octanol–water partition coefficient (Wildman–Crippen LogP) is 1.03. The Morgan fingerprint density at radius 2 is 2.32 bits per heavy atom. The minimum Gasteiger partial charge on any atom is -0.382 e. The second-order valence-electron chi connectivity index (χ2n) is 4.87. The van der Waals surface area contributed by atoms with E-state index < -0.39 is 9.84 Å². The van der Waals surface area contributed by atoms with Crippen LogP contribution in [0, 0.1) is 0 Å². The molecule has 8 heteroatoms. The second-order valence-corrected chi connectivity index (χ2v) is 7.60. The molecule has 6 nitrogen and oxygen atoms in total. The van der Waals surface area contributed by atoms with E-state index in [1.54, 1.807) is 0 Å². The molecule has 1 atom stereocenters.